The molecule has 138 valence electrons. The Bertz CT molecular complexity index is 747. The van der Waals surface area contributed by atoms with Crippen molar-refractivity contribution in [3.63, 3.8) is 0 Å². The Hall–Kier alpha value is -2.43. The molecule has 0 saturated carbocycles. The van der Waals surface area contributed by atoms with Crippen LogP contribution in [-0.4, -0.2) is 28.5 Å². The van der Waals surface area contributed by atoms with E-state index in [4.69, 9.17) is 0 Å². The minimum absolute atomic E-state index is 0.0687. The van der Waals surface area contributed by atoms with Gasteiger partial charge in [-0.1, -0.05) is 37.3 Å². The highest BCUT2D eigenvalue weighted by molar-refractivity contribution is 5.92. The molecule has 1 aliphatic rings. The van der Waals surface area contributed by atoms with Gasteiger partial charge in [0.15, 0.2) is 0 Å². The Balaban J connectivity index is 1.79. The summed E-state index contributed by atoms with van der Waals surface area (Å²) in [5, 5.41) is 3.05. The molecule has 1 fully saturated rings. The first-order valence-electron chi connectivity index (χ1n) is 9.56. The molecule has 2 atom stereocenters. The second-order valence-electron chi connectivity index (χ2n) is 7.05. The highest BCUT2D eigenvalue weighted by Gasteiger charge is 2.24. The second kappa shape index (κ2) is 8.30. The summed E-state index contributed by atoms with van der Waals surface area (Å²) in [7, 11) is 0. The first kappa shape index (κ1) is 18.4. The van der Waals surface area contributed by atoms with Crippen LogP contribution in [0.5, 0.6) is 0 Å². The van der Waals surface area contributed by atoms with Crippen molar-refractivity contribution in [2.45, 2.75) is 58.5 Å². The van der Waals surface area contributed by atoms with E-state index >= 15 is 0 Å². The van der Waals surface area contributed by atoms with E-state index in [1.54, 1.807) is 6.07 Å². The number of hydrogen-bond acceptors (Lipinski definition) is 4. The van der Waals surface area contributed by atoms with Crippen molar-refractivity contribution in [3.8, 4) is 0 Å². The Morgan fingerprint density at radius 3 is 2.77 bits per heavy atom. The van der Waals surface area contributed by atoms with Crippen LogP contribution in [0.2, 0.25) is 0 Å². The average Bonchev–Trinajstić information content (AvgIpc) is 2.68. The van der Waals surface area contributed by atoms with Gasteiger partial charge >= 0.3 is 0 Å². The number of nitrogens with zero attached hydrogens (tertiary/aromatic N) is 3. The van der Waals surface area contributed by atoms with Crippen molar-refractivity contribution in [1.82, 2.24) is 15.3 Å². The maximum absolute atomic E-state index is 12.7. The fraction of sp³-hybridized carbons (Fsp3) is 0.476. The van der Waals surface area contributed by atoms with E-state index < -0.39 is 0 Å². The van der Waals surface area contributed by atoms with Crippen LogP contribution in [0.1, 0.15) is 67.3 Å². The van der Waals surface area contributed by atoms with E-state index in [-0.39, 0.29) is 11.9 Å². The van der Waals surface area contributed by atoms with Crippen molar-refractivity contribution in [2.24, 2.45) is 0 Å². The predicted molar refractivity (Wildman–Crippen MR) is 104 cm³/mol. The number of nitrogens with one attached hydrogen (secondary N) is 1. The number of rotatable bonds is 5. The number of carbonyl (C=O) groups excluding carboxylic acids is 1. The lowest BCUT2D eigenvalue weighted by Gasteiger charge is -2.35. The zero-order chi connectivity index (χ0) is 18.5. The summed E-state index contributed by atoms with van der Waals surface area (Å²) < 4.78 is 0. The molecular formula is C21H28N4O. The van der Waals surface area contributed by atoms with Crippen LogP contribution >= 0.6 is 0 Å². The average molecular weight is 352 g/mol. The summed E-state index contributed by atoms with van der Waals surface area (Å²) >= 11 is 0. The number of aryl methyl sites for hydroxylation is 1. The van der Waals surface area contributed by atoms with E-state index in [1.165, 1.54) is 12.8 Å². The second-order valence-corrected chi connectivity index (χ2v) is 7.05. The molecule has 3 rings (SSSR count). The Morgan fingerprint density at radius 1 is 1.27 bits per heavy atom. The van der Waals surface area contributed by atoms with E-state index in [2.05, 4.69) is 27.1 Å². The molecule has 1 aromatic heterocycles. The number of aromatic nitrogens is 2. The number of hydrogen-bond donors (Lipinski definition) is 1. The van der Waals surface area contributed by atoms with E-state index in [0.717, 1.165) is 30.6 Å². The van der Waals surface area contributed by atoms with E-state index in [9.17, 15) is 4.79 Å². The maximum atomic E-state index is 12.7. The van der Waals surface area contributed by atoms with Crippen LogP contribution in [0, 0.1) is 6.92 Å². The van der Waals surface area contributed by atoms with Gasteiger partial charge in [-0.2, -0.15) is 0 Å². The molecule has 2 heterocycles. The molecule has 2 aromatic rings. The van der Waals surface area contributed by atoms with Crippen molar-refractivity contribution in [1.29, 1.82) is 0 Å². The molecule has 0 aliphatic carbocycles. The fourth-order valence-corrected chi connectivity index (χ4v) is 3.58. The molecule has 5 heteroatoms. The molecule has 1 amide bonds. The summed E-state index contributed by atoms with van der Waals surface area (Å²) in [4.78, 5) is 24.2. The topological polar surface area (TPSA) is 58.1 Å². The molecule has 1 aromatic carbocycles. The summed E-state index contributed by atoms with van der Waals surface area (Å²) in [6.45, 7) is 7.07. The first-order valence-corrected chi connectivity index (χ1v) is 9.56. The van der Waals surface area contributed by atoms with Gasteiger partial charge in [-0.25, -0.2) is 9.97 Å². The third-order valence-electron chi connectivity index (χ3n) is 5.08. The maximum Gasteiger partial charge on any atom is 0.270 e. The molecule has 0 bridgehead atoms. The molecule has 1 N–H and O–H groups in total. The van der Waals surface area contributed by atoms with Gasteiger partial charge < -0.3 is 10.2 Å². The summed E-state index contributed by atoms with van der Waals surface area (Å²) in [6, 6.07) is 12.1. The van der Waals surface area contributed by atoms with Crippen LogP contribution in [0.25, 0.3) is 0 Å². The van der Waals surface area contributed by atoms with Gasteiger partial charge in [0.1, 0.15) is 5.69 Å². The van der Waals surface area contributed by atoms with Crippen LogP contribution in [0.4, 0.5) is 5.95 Å². The highest BCUT2D eigenvalue weighted by Crippen LogP contribution is 2.24. The lowest BCUT2D eigenvalue weighted by Crippen LogP contribution is -2.40. The Morgan fingerprint density at radius 2 is 2.04 bits per heavy atom. The normalized spacial score (nSPS) is 18.4. The fourth-order valence-electron chi connectivity index (χ4n) is 3.58. The van der Waals surface area contributed by atoms with E-state index in [1.807, 2.05) is 44.2 Å². The third-order valence-corrected chi connectivity index (χ3v) is 5.08. The van der Waals surface area contributed by atoms with Crippen LogP contribution in [-0.2, 0) is 0 Å². The van der Waals surface area contributed by atoms with E-state index in [0.29, 0.717) is 17.7 Å². The molecule has 26 heavy (non-hydrogen) atoms. The zero-order valence-corrected chi connectivity index (χ0v) is 15.9. The number of piperidine rings is 1. The van der Waals surface area contributed by atoms with Gasteiger partial charge in [-0.3, -0.25) is 4.79 Å². The largest absolute Gasteiger partial charge is 0.344 e. The molecule has 5 nitrogen and oxygen atoms in total. The summed E-state index contributed by atoms with van der Waals surface area (Å²) in [5.41, 5.74) is 2.34. The van der Waals surface area contributed by atoms with Gasteiger partial charge in [-0.05, 0) is 51.2 Å². The minimum Gasteiger partial charge on any atom is -0.344 e. The Labute approximate surface area is 155 Å². The van der Waals surface area contributed by atoms with Gasteiger partial charge in [0.2, 0.25) is 5.95 Å². The quantitative estimate of drug-likeness (QED) is 0.882. The number of amides is 1. The SMILES string of the molecule is CCC1CCCCN1c1nc(C)cc(C(=O)NC(C)c2ccccc2)n1. The summed E-state index contributed by atoms with van der Waals surface area (Å²) in [5.74, 6) is 0.534. The lowest BCUT2D eigenvalue weighted by atomic mass is 10.0. The van der Waals surface area contributed by atoms with Crippen LogP contribution < -0.4 is 10.2 Å². The smallest absolute Gasteiger partial charge is 0.270 e. The molecule has 1 saturated heterocycles. The Kier molecular flexibility index (Phi) is 5.86. The molecule has 2 unspecified atom stereocenters. The van der Waals surface area contributed by atoms with Gasteiger partial charge in [0, 0.05) is 18.3 Å². The minimum atomic E-state index is -0.154. The molecule has 1 aliphatic heterocycles. The number of carbonyl (C=O) groups is 1. The zero-order valence-electron chi connectivity index (χ0n) is 15.9. The summed E-state index contributed by atoms with van der Waals surface area (Å²) in [6.07, 6.45) is 4.65. The van der Waals surface area contributed by atoms with Crippen LogP contribution in [0.15, 0.2) is 36.4 Å². The van der Waals surface area contributed by atoms with Crippen molar-refractivity contribution in [3.05, 3.63) is 53.3 Å². The third kappa shape index (κ3) is 4.21. The van der Waals surface area contributed by atoms with Gasteiger partial charge in [0.05, 0.1) is 6.04 Å². The first-order chi connectivity index (χ1) is 12.6. The van der Waals surface area contributed by atoms with Crippen molar-refractivity contribution >= 4 is 11.9 Å². The van der Waals surface area contributed by atoms with Crippen molar-refractivity contribution < 1.29 is 4.79 Å². The number of benzene rings is 1. The standard InChI is InChI=1S/C21H28N4O/c1-4-18-12-8-9-13-25(18)21-22-15(2)14-19(24-21)20(26)23-16(3)17-10-6-5-7-11-17/h5-7,10-11,14,16,18H,4,8-9,12-13H2,1-3H3,(H,23,26). The number of anilines is 1. The highest BCUT2D eigenvalue weighted by atomic mass is 16.1. The molecule has 0 radical (unpaired) electrons. The van der Waals surface area contributed by atoms with Gasteiger partial charge in [0.25, 0.3) is 5.91 Å². The van der Waals surface area contributed by atoms with Gasteiger partial charge in [-0.15, -0.1) is 0 Å². The predicted octanol–water partition coefficient (Wildman–Crippen LogP) is 4.04. The van der Waals surface area contributed by atoms with Crippen LogP contribution in [0.3, 0.4) is 0 Å². The van der Waals surface area contributed by atoms with Crippen molar-refractivity contribution in [2.75, 3.05) is 11.4 Å². The lowest BCUT2D eigenvalue weighted by molar-refractivity contribution is 0.0934. The molecular weight excluding hydrogens is 324 g/mol. The monoisotopic (exact) mass is 352 g/mol. The molecule has 0 spiro atoms.